The summed E-state index contributed by atoms with van der Waals surface area (Å²) in [6.45, 7) is 2.84. The number of morpholine rings is 1. The molecule has 1 aromatic rings. The lowest BCUT2D eigenvalue weighted by Gasteiger charge is -2.29. The van der Waals surface area contributed by atoms with Crippen molar-refractivity contribution in [1.82, 2.24) is 4.90 Å². The Labute approximate surface area is 111 Å². The van der Waals surface area contributed by atoms with Gasteiger partial charge >= 0.3 is 0 Å². The van der Waals surface area contributed by atoms with Gasteiger partial charge in [0.1, 0.15) is 0 Å². The van der Waals surface area contributed by atoms with E-state index >= 15 is 0 Å². The highest BCUT2D eigenvalue weighted by Crippen LogP contribution is 2.27. The molecule has 1 atom stereocenters. The van der Waals surface area contributed by atoms with Crippen LogP contribution in [-0.4, -0.2) is 43.5 Å². The molecule has 0 aliphatic carbocycles. The van der Waals surface area contributed by atoms with Crippen LogP contribution in [0.5, 0.6) is 0 Å². The molecule has 1 heterocycles. The van der Waals surface area contributed by atoms with Crippen molar-refractivity contribution in [3.05, 3.63) is 23.2 Å². The van der Waals surface area contributed by atoms with Crippen LogP contribution in [0.25, 0.3) is 0 Å². The van der Waals surface area contributed by atoms with Crippen LogP contribution in [0.4, 0.5) is 5.69 Å². The Morgan fingerprint density at radius 2 is 2.41 bits per heavy atom. The highest BCUT2D eigenvalue weighted by atomic mass is 35.5. The molecule has 3 nitrogen and oxygen atoms in total. The summed E-state index contributed by atoms with van der Waals surface area (Å²) in [5, 5.41) is 0.622. The van der Waals surface area contributed by atoms with Crippen molar-refractivity contribution in [3.63, 3.8) is 0 Å². The molecule has 0 aromatic heterocycles. The maximum Gasteiger partial charge on any atom is 0.0796 e. The zero-order valence-electron chi connectivity index (χ0n) is 9.86. The number of thioether (sulfide) groups is 1. The Balaban J connectivity index is 1.86. The summed E-state index contributed by atoms with van der Waals surface area (Å²) >= 11 is 7.74. The number of hydrogen-bond donors (Lipinski definition) is 1. The van der Waals surface area contributed by atoms with Crippen LogP contribution < -0.4 is 5.73 Å². The summed E-state index contributed by atoms with van der Waals surface area (Å²) in [5.41, 5.74) is 6.30. The van der Waals surface area contributed by atoms with E-state index in [1.165, 1.54) is 0 Å². The van der Waals surface area contributed by atoms with Crippen LogP contribution in [0.15, 0.2) is 23.1 Å². The third kappa shape index (κ3) is 3.78. The van der Waals surface area contributed by atoms with Gasteiger partial charge in [0.2, 0.25) is 0 Å². The molecule has 0 bridgehead atoms. The number of anilines is 1. The second-order valence-corrected chi connectivity index (χ2v) is 5.75. The zero-order valence-corrected chi connectivity index (χ0v) is 11.4. The molecule has 1 saturated heterocycles. The topological polar surface area (TPSA) is 38.5 Å². The summed E-state index contributed by atoms with van der Waals surface area (Å²) in [4.78, 5) is 3.44. The summed E-state index contributed by atoms with van der Waals surface area (Å²) in [5.74, 6) is 0.949. The molecule has 2 N–H and O–H groups in total. The molecule has 1 aromatic carbocycles. The maximum atomic E-state index is 5.98. The third-order valence-corrected chi connectivity index (χ3v) is 4.20. The number of hydrogen-bond acceptors (Lipinski definition) is 4. The Morgan fingerprint density at radius 3 is 3.12 bits per heavy atom. The average molecular weight is 273 g/mol. The predicted octanol–water partition coefficient (Wildman–Crippen LogP) is 2.34. The van der Waals surface area contributed by atoms with Crippen molar-refractivity contribution in [1.29, 1.82) is 0 Å². The number of halogens is 1. The van der Waals surface area contributed by atoms with Crippen LogP contribution in [0.1, 0.15) is 0 Å². The fraction of sp³-hybridized carbons (Fsp3) is 0.500. The first kappa shape index (κ1) is 13.0. The molecule has 0 amide bonds. The molecule has 94 valence electrons. The SMILES string of the molecule is CN1CCOC(CSc2ccc(N)c(Cl)c2)C1. The first-order valence-corrected chi connectivity index (χ1v) is 6.99. The first-order chi connectivity index (χ1) is 8.15. The van der Waals surface area contributed by atoms with E-state index in [9.17, 15) is 0 Å². The Morgan fingerprint density at radius 1 is 1.59 bits per heavy atom. The Kier molecular flexibility index (Phi) is 4.56. The molecule has 2 rings (SSSR count). The molecule has 1 fully saturated rings. The highest BCUT2D eigenvalue weighted by Gasteiger charge is 2.17. The largest absolute Gasteiger partial charge is 0.398 e. The van der Waals surface area contributed by atoms with Gasteiger partial charge in [0.15, 0.2) is 0 Å². The van der Waals surface area contributed by atoms with E-state index in [0.29, 0.717) is 16.8 Å². The molecule has 1 unspecified atom stereocenters. The molecule has 1 aliphatic rings. The number of nitrogen functional groups attached to an aromatic ring is 1. The summed E-state index contributed by atoms with van der Waals surface area (Å²) in [7, 11) is 2.13. The average Bonchev–Trinajstić information content (AvgIpc) is 2.31. The van der Waals surface area contributed by atoms with Gasteiger partial charge < -0.3 is 15.4 Å². The van der Waals surface area contributed by atoms with Crippen LogP contribution >= 0.6 is 23.4 Å². The van der Waals surface area contributed by atoms with E-state index in [0.717, 1.165) is 30.3 Å². The van der Waals surface area contributed by atoms with Crippen molar-refractivity contribution in [2.75, 3.05) is 38.2 Å². The van der Waals surface area contributed by atoms with Gasteiger partial charge in [0.05, 0.1) is 23.4 Å². The lowest BCUT2D eigenvalue weighted by molar-refractivity contribution is -0.00598. The van der Waals surface area contributed by atoms with E-state index < -0.39 is 0 Å². The lowest BCUT2D eigenvalue weighted by atomic mass is 10.3. The minimum absolute atomic E-state index is 0.301. The van der Waals surface area contributed by atoms with Gasteiger partial charge in [0.25, 0.3) is 0 Å². The van der Waals surface area contributed by atoms with Crippen LogP contribution in [0, 0.1) is 0 Å². The maximum absolute atomic E-state index is 5.98. The number of rotatable bonds is 3. The summed E-state index contributed by atoms with van der Waals surface area (Å²) in [6.07, 6.45) is 0.301. The van der Waals surface area contributed by atoms with E-state index in [-0.39, 0.29) is 0 Å². The zero-order chi connectivity index (χ0) is 12.3. The van der Waals surface area contributed by atoms with Gasteiger partial charge in [-0.05, 0) is 25.2 Å². The summed E-state index contributed by atoms with van der Waals surface area (Å²) < 4.78 is 5.70. The standard InChI is InChI=1S/C12H17ClN2OS/c1-15-4-5-16-9(7-15)8-17-10-2-3-12(14)11(13)6-10/h2-3,6,9H,4-5,7-8,14H2,1H3. The van der Waals surface area contributed by atoms with Crippen molar-refractivity contribution in [2.24, 2.45) is 0 Å². The molecular weight excluding hydrogens is 256 g/mol. The number of benzene rings is 1. The van der Waals surface area contributed by atoms with E-state index in [4.69, 9.17) is 22.1 Å². The van der Waals surface area contributed by atoms with E-state index in [1.54, 1.807) is 11.8 Å². The fourth-order valence-corrected chi connectivity index (χ4v) is 2.95. The van der Waals surface area contributed by atoms with E-state index in [2.05, 4.69) is 11.9 Å². The van der Waals surface area contributed by atoms with Crippen LogP contribution in [-0.2, 0) is 4.74 Å². The monoisotopic (exact) mass is 272 g/mol. The van der Waals surface area contributed by atoms with Crippen molar-refractivity contribution in [2.45, 2.75) is 11.0 Å². The van der Waals surface area contributed by atoms with Crippen molar-refractivity contribution in [3.8, 4) is 0 Å². The second kappa shape index (κ2) is 5.96. The molecule has 0 spiro atoms. The molecular formula is C12H17ClN2OS. The van der Waals surface area contributed by atoms with Crippen LogP contribution in [0.2, 0.25) is 5.02 Å². The molecule has 1 aliphatic heterocycles. The molecule has 5 heteroatoms. The number of nitrogens with two attached hydrogens (primary N) is 1. The van der Waals surface area contributed by atoms with Crippen molar-refractivity contribution < 1.29 is 4.74 Å². The number of ether oxygens (including phenoxy) is 1. The van der Waals surface area contributed by atoms with E-state index in [1.807, 2.05) is 18.2 Å². The van der Waals surface area contributed by atoms with Gasteiger partial charge in [-0.15, -0.1) is 11.8 Å². The minimum Gasteiger partial charge on any atom is -0.398 e. The molecule has 0 saturated carbocycles. The fourth-order valence-electron chi connectivity index (χ4n) is 1.75. The first-order valence-electron chi connectivity index (χ1n) is 5.63. The van der Waals surface area contributed by atoms with Gasteiger partial charge in [-0.1, -0.05) is 11.6 Å². The van der Waals surface area contributed by atoms with Crippen molar-refractivity contribution >= 4 is 29.1 Å². The second-order valence-electron chi connectivity index (χ2n) is 4.25. The smallest absolute Gasteiger partial charge is 0.0796 e. The lowest BCUT2D eigenvalue weighted by Crippen LogP contribution is -2.41. The minimum atomic E-state index is 0.301. The van der Waals surface area contributed by atoms with Gasteiger partial charge in [-0.3, -0.25) is 0 Å². The van der Waals surface area contributed by atoms with Gasteiger partial charge in [-0.25, -0.2) is 0 Å². The van der Waals surface area contributed by atoms with Gasteiger partial charge in [-0.2, -0.15) is 0 Å². The molecule has 0 radical (unpaired) electrons. The van der Waals surface area contributed by atoms with Crippen LogP contribution in [0.3, 0.4) is 0 Å². The number of nitrogens with zero attached hydrogens (tertiary/aromatic N) is 1. The summed E-state index contributed by atoms with van der Waals surface area (Å²) in [6, 6.07) is 5.75. The Hall–Kier alpha value is -0.420. The Bertz CT molecular complexity index is 389. The normalized spacial score (nSPS) is 21.6. The highest BCUT2D eigenvalue weighted by molar-refractivity contribution is 7.99. The number of likely N-dealkylation sites (N-methyl/N-ethyl adjacent to an activating group) is 1. The third-order valence-electron chi connectivity index (χ3n) is 2.75. The van der Waals surface area contributed by atoms with Gasteiger partial charge in [0, 0.05) is 23.7 Å². The molecule has 17 heavy (non-hydrogen) atoms. The predicted molar refractivity (Wildman–Crippen MR) is 73.8 cm³/mol. The quantitative estimate of drug-likeness (QED) is 0.677.